The van der Waals surface area contributed by atoms with E-state index in [1.165, 1.54) is 25.7 Å². The van der Waals surface area contributed by atoms with Crippen molar-refractivity contribution in [3.63, 3.8) is 0 Å². The van der Waals surface area contributed by atoms with Crippen molar-refractivity contribution < 1.29 is 18.8 Å². The van der Waals surface area contributed by atoms with Crippen molar-refractivity contribution in [2.24, 2.45) is 29.1 Å². The lowest BCUT2D eigenvalue weighted by Gasteiger charge is -2.42. The first-order chi connectivity index (χ1) is 15.3. The number of ketones is 1. The van der Waals surface area contributed by atoms with Gasteiger partial charge in [0, 0.05) is 18.3 Å². The van der Waals surface area contributed by atoms with Crippen molar-refractivity contribution in [3.05, 3.63) is 0 Å². The zero-order valence-electron chi connectivity index (χ0n) is 21.4. The van der Waals surface area contributed by atoms with Gasteiger partial charge >= 0.3 is 5.97 Å². The van der Waals surface area contributed by atoms with Crippen molar-refractivity contribution in [2.75, 3.05) is 0 Å². The van der Waals surface area contributed by atoms with Gasteiger partial charge in [0.15, 0.2) is 14.6 Å². The number of Topliss-reactive ketones (excluding diaryl/α,β-unsaturated/α-hetero) is 1. The molecule has 0 aromatic carbocycles. The quantitative estimate of drug-likeness (QED) is 0.156. The van der Waals surface area contributed by atoms with E-state index in [1.807, 2.05) is 6.92 Å². The van der Waals surface area contributed by atoms with Crippen LogP contribution in [-0.2, 0) is 18.8 Å². The maximum absolute atomic E-state index is 13.5. The number of hydrogen-bond acceptors (Lipinski definition) is 4. The minimum atomic E-state index is -1.89. The van der Waals surface area contributed by atoms with Crippen LogP contribution in [0.5, 0.6) is 0 Å². The number of carbonyl (C=O) groups is 2. The molecule has 3 rings (SSSR count). The largest absolute Gasteiger partial charge is 0.436 e. The van der Waals surface area contributed by atoms with Crippen LogP contribution in [-0.4, -0.2) is 26.4 Å². The molecule has 3 aliphatic carbocycles. The summed E-state index contributed by atoms with van der Waals surface area (Å²) in [5.74, 6) is 0.874. The maximum atomic E-state index is 13.5. The van der Waals surface area contributed by atoms with Crippen molar-refractivity contribution in [2.45, 2.75) is 130 Å². The van der Waals surface area contributed by atoms with Gasteiger partial charge < -0.3 is 9.16 Å². The highest BCUT2D eigenvalue weighted by Gasteiger charge is 2.54. The van der Waals surface area contributed by atoms with E-state index in [4.69, 9.17) is 9.16 Å². The molecule has 2 unspecified atom stereocenters. The van der Waals surface area contributed by atoms with Gasteiger partial charge in [-0.05, 0) is 68.0 Å². The third-order valence-corrected chi connectivity index (χ3v) is 14.3. The van der Waals surface area contributed by atoms with E-state index < -0.39 is 8.32 Å². The van der Waals surface area contributed by atoms with Crippen molar-refractivity contribution in [1.82, 2.24) is 0 Å². The molecule has 0 saturated heterocycles. The van der Waals surface area contributed by atoms with E-state index in [2.05, 4.69) is 27.7 Å². The minimum absolute atomic E-state index is 0.0405. The molecule has 0 aromatic rings. The summed E-state index contributed by atoms with van der Waals surface area (Å²) in [6, 6.07) is 3.21. The molecule has 32 heavy (non-hydrogen) atoms. The average Bonchev–Trinajstić information content (AvgIpc) is 2.96. The lowest BCUT2D eigenvalue weighted by Crippen LogP contribution is -2.46. The van der Waals surface area contributed by atoms with E-state index in [0.717, 1.165) is 63.1 Å². The summed E-state index contributed by atoms with van der Waals surface area (Å²) in [5, 5.41) is 0. The molecule has 5 atom stereocenters. The summed E-state index contributed by atoms with van der Waals surface area (Å²) in [5.41, 5.74) is -0.0405. The third kappa shape index (κ3) is 5.35. The van der Waals surface area contributed by atoms with Crippen molar-refractivity contribution in [1.29, 1.82) is 0 Å². The Hall–Kier alpha value is -0.683. The van der Waals surface area contributed by atoms with Crippen LogP contribution in [0.1, 0.15) is 105 Å². The molecule has 0 heterocycles. The first-order valence-corrected chi connectivity index (χ1v) is 16.2. The molecule has 0 aromatic heterocycles. The molecule has 3 saturated carbocycles. The van der Waals surface area contributed by atoms with Crippen LogP contribution in [0.4, 0.5) is 0 Å². The van der Waals surface area contributed by atoms with Gasteiger partial charge in [0.05, 0.1) is 5.92 Å². The number of hydrogen-bond donors (Lipinski definition) is 0. The second-order valence-corrected chi connectivity index (χ2v) is 16.0. The lowest BCUT2D eigenvalue weighted by molar-refractivity contribution is -0.182. The maximum Gasteiger partial charge on any atom is 0.311 e. The minimum Gasteiger partial charge on any atom is -0.436 e. The number of fused-ring (bicyclic) bond motifs is 1. The Kier molecular flexibility index (Phi) is 9.04. The van der Waals surface area contributed by atoms with Gasteiger partial charge in [0.2, 0.25) is 0 Å². The highest BCUT2D eigenvalue weighted by atomic mass is 28.4. The zero-order chi connectivity index (χ0) is 23.4. The Balaban J connectivity index is 1.75. The molecule has 0 aliphatic heterocycles. The summed E-state index contributed by atoms with van der Waals surface area (Å²) in [4.78, 5) is 26.1. The van der Waals surface area contributed by atoms with E-state index in [0.29, 0.717) is 11.7 Å². The Morgan fingerprint density at radius 2 is 1.62 bits per heavy atom. The summed E-state index contributed by atoms with van der Waals surface area (Å²) in [6.45, 7) is 11.0. The number of esters is 1. The van der Waals surface area contributed by atoms with Crippen molar-refractivity contribution in [3.8, 4) is 0 Å². The number of ether oxygens (including phenoxy) is 1. The third-order valence-electron chi connectivity index (χ3n) is 9.73. The Bertz CT molecular complexity index is 629. The van der Waals surface area contributed by atoms with Gasteiger partial charge in [-0.15, -0.1) is 0 Å². The van der Waals surface area contributed by atoms with E-state index in [-0.39, 0.29) is 35.4 Å². The molecule has 0 spiro atoms. The van der Waals surface area contributed by atoms with Crippen LogP contribution in [0.15, 0.2) is 0 Å². The van der Waals surface area contributed by atoms with Gasteiger partial charge in [-0.3, -0.25) is 9.59 Å². The Morgan fingerprint density at radius 3 is 2.22 bits per heavy atom. The molecule has 5 heteroatoms. The van der Waals surface area contributed by atoms with Crippen LogP contribution in [0.3, 0.4) is 0 Å². The Morgan fingerprint density at radius 1 is 1.00 bits per heavy atom. The van der Waals surface area contributed by atoms with E-state index in [9.17, 15) is 9.59 Å². The topological polar surface area (TPSA) is 52.6 Å². The monoisotopic (exact) mass is 464 g/mol. The smallest absolute Gasteiger partial charge is 0.311 e. The first-order valence-electron chi connectivity index (χ1n) is 13.7. The molecule has 0 bridgehead atoms. The summed E-state index contributed by atoms with van der Waals surface area (Å²) < 4.78 is 13.2. The van der Waals surface area contributed by atoms with E-state index in [1.54, 1.807) is 0 Å². The summed E-state index contributed by atoms with van der Waals surface area (Å²) in [6.07, 6.45) is 11.5. The second-order valence-electron chi connectivity index (χ2n) is 11.3. The lowest BCUT2D eigenvalue weighted by atomic mass is 9.62. The normalized spacial score (nSPS) is 31.6. The molecule has 3 fully saturated rings. The van der Waals surface area contributed by atoms with Crippen molar-refractivity contribution >= 4 is 20.1 Å². The number of carbonyl (C=O) groups excluding carboxylic acids is 2. The average molecular weight is 465 g/mol. The van der Waals surface area contributed by atoms with Crippen LogP contribution in [0.25, 0.3) is 0 Å². The first kappa shape index (κ1) is 25.9. The molecule has 0 amide bonds. The van der Waals surface area contributed by atoms with Gasteiger partial charge in [0.1, 0.15) is 5.78 Å². The highest BCUT2D eigenvalue weighted by molar-refractivity contribution is 6.73. The summed E-state index contributed by atoms with van der Waals surface area (Å²) in [7, 11) is -1.89. The van der Waals surface area contributed by atoms with Crippen LogP contribution in [0.2, 0.25) is 18.1 Å². The predicted octanol–water partition coefficient (Wildman–Crippen LogP) is 7.27. The second kappa shape index (κ2) is 11.2. The standard InChI is InChI=1S/C27H48O4Si/c1-6-32(7-2,8-3)31-26(21-14-11-9-10-12-15-21)30-25(29)20(4)22-17-18-23-24(28)16-13-19-27(22,23)5/h20-23,26H,6-19H2,1-5H3/t20?,22-,23+,26?,27-/m1/s1. The fraction of sp³-hybridized carbons (Fsp3) is 0.926. The Labute approximate surface area is 197 Å². The fourth-order valence-electron chi connectivity index (χ4n) is 7.22. The van der Waals surface area contributed by atoms with E-state index >= 15 is 0 Å². The molecule has 3 aliphatic rings. The van der Waals surface area contributed by atoms with Gasteiger partial charge in [-0.2, -0.15) is 0 Å². The van der Waals surface area contributed by atoms with Crippen LogP contribution < -0.4 is 0 Å². The molecule has 0 N–H and O–H groups in total. The molecular formula is C27H48O4Si. The number of rotatable bonds is 9. The fourth-order valence-corrected chi connectivity index (χ4v) is 9.96. The van der Waals surface area contributed by atoms with Gasteiger partial charge in [0.25, 0.3) is 0 Å². The van der Waals surface area contributed by atoms with Crippen LogP contribution in [0, 0.1) is 29.1 Å². The van der Waals surface area contributed by atoms with Gasteiger partial charge in [-0.1, -0.05) is 60.3 Å². The molecule has 4 nitrogen and oxygen atoms in total. The molecule has 0 radical (unpaired) electrons. The molecular weight excluding hydrogens is 416 g/mol. The zero-order valence-corrected chi connectivity index (χ0v) is 22.4. The van der Waals surface area contributed by atoms with Gasteiger partial charge in [-0.25, -0.2) is 0 Å². The molecule has 184 valence electrons. The van der Waals surface area contributed by atoms with Crippen LogP contribution >= 0.6 is 0 Å². The summed E-state index contributed by atoms with van der Waals surface area (Å²) >= 11 is 0. The predicted molar refractivity (Wildman–Crippen MR) is 132 cm³/mol. The SMILES string of the molecule is CC[Si](CC)(CC)OC(OC(=O)C(C)[C@H]1CC[C@H]2C(=O)CCC[C@]12C)C1CCCCCC1. The highest BCUT2D eigenvalue weighted by Crippen LogP contribution is 2.56.